The third kappa shape index (κ3) is 2.73. The zero-order valence-electron chi connectivity index (χ0n) is 6.89. The van der Waals surface area contributed by atoms with Crippen molar-refractivity contribution in [3.05, 3.63) is 28.5 Å². The fourth-order valence-corrected chi connectivity index (χ4v) is 1.27. The monoisotopic (exact) mass is 246 g/mol. The fraction of sp³-hybridized carbons (Fsp3) is 0.375. The van der Waals surface area contributed by atoms with Gasteiger partial charge in [-0.3, -0.25) is 0 Å². The molecule has 2 unspecified atom stereocenters. The van der Waals surface area contributed by atoms with Crippen LogP contribution in [0.3, 0.4) is 0 Å². The first-order chi connectivity index (χ1) is 6.15. The van der Waals surface area contributed by atoms with Crippen molar-refractivity contribution in [1.29, 1.82) is 0 Å². The molecule has 0 saturated heterocycles. The minimum atomic E-state index is -1.03. The Hall–Kier alpha value is -0.490. The molecule has 0 amide bonds. The summed E-state index contributed by atoms with van der Waals surface area (Å²) in [7, 11) is 0. The largest absolute Gasteiger partial charge is 0.389 e. The van der Waals surface area contributed by atoms with Crippen LogP contribution in [0.5, 0.6) is 0 Å². The van der Waals surface area contributed by atoms with Crippen LogP contribution in [0, 0.1) is 0 Å². The van der Waals surface area contributed by atoms with Crippen molar-refractivity contribution >= 4 is 15.9 Å². The molecule has 1 aromatic heterocycles. The first kappa shape index (κ1) is 10.6. The second kappa shape index (κ2) is 4.66. The van der Waals surface area contributed by atoms with Gasteiger partial charge in [0.15, 0.2) is 0 Å². The normalized spacial score (nSPS) is 15.4. The molecule has 1 heterocycles. The standard InChI is InChI=1S/C8H11BrN2O2/c9-7-3-1-2-5(11-7)8(13)6(12)4-10/h1-3,6,8,12-13H,4,10H2. The van der Waals surface area contributed by atoms with E-state index in [0.29, 0.717) is 10.3 Å². The Morgan fingerprint density at radius 2 is 2.15 bits per heavy atom. The van der Waals surface area contributed by atoms with E-state index in [9.17, 15) is 10.2 Å². The molecule has 4 nitrogen and oxygen atoms in total. The van der Waals surface area contributed by atoms with E-state index in [1.54, 1.807) is 18.2 Å². The van der Waals surface area contributed by atoms with Crippen LogP contribution >= 0.6 is 15.9 Å². The number of nitrogens with two attached hydrogens (primary N) is 1. The van der Waals surface area contributed by atoms with Gasteiger partial charge in [0.05, 0.1) is 11.8 Å². The molecule has 0 radical (unpaired) electrons. The summed E-state index contributed by atoms with van der Waals surface area (Å²) in [4.78, 5) is 3.99. The average molecular weight is 247 g/mol. The number of aliphatic hydroxyl groups excluding tert-OH is 2. The topological polar surface area (TPSA) is 79.4 Å². The smallest absolute Gasteiger partial charge is 0.123 e. The van der Waals surface area contributed by atoms with Gasteiger partial charge < -0.3 is 15.9 Å². The van der Waals surface area contributed by atoms with Crippen LogP contribution in [0.15, 0.2) is 22.8 Å². The van der Waals surface area contributed by atoms with Crippen LogP contribution in [-0.4, -0.2) is 27.8 Å². The van der Waals surface area contributed by atoms with Crippen LogP contribution in [0.4, 0.5) is 0 Å². The van der Waals surface area contributed by atoms with E-state index in [4.69, 9.17) is 5.73 Å². The lowest BCUT2D eigenvalue weighted by molar-refractivity contribution is 0.0216. The molecular weight excluding hydrogens is 236 g/mol. The maximum atomic E-state index is 9.50. The lowest BCUT2D eigenvalue weighted by Crippen LogP contribution is -2.27. The highest BCUT2D eigenvalue weighted by molar-refractivity contribution is 9.10. The van der Waals surface area contributed by atoms with E-state index in [1.165, 1.54) is 0 Å². The Labute approximate surface area is 84.5 Å². The van der Waals surface area contributed by atoms with Gasteiger partial charge in [0.1, 0.15) is 10.7 Å². The Bertz CT molecular complexity index is 283. The van der Waals surface area contributed by atoms with E-state index in [-0.39, 0.29) is 6.54 Å². The van der Waals surface area contributed by atoms with Crippen molar-refractivity contribution in [2.24, 2.45) is 5.73 Å². The second-order valence-corrected chi connectivity index (χ2v) is 3.45. The van der Waals surface area contributed by atoms with E-state index in [1.807, 2.05) is 0 Å². The Morgan fingerprint density at radius 1 is 1.46 bits per heavy atom. The van der Waals surface area contributed by atoms with Crippen molar-refractivity contribution in [2.75, 3.05) is 6.54 Å². The lowest BCUT2D eigenvalue weighted by atomic mass is 10.1. The Kier molecular flexibility index (Phi) is 3.80. The Balaban J connectivity index is 2.82. The number of halogens is 1. The third-order valence-corrected chi connectivity index (χ3v) is 2.09. The zero-order chi connectivity index (χ0) is 9.84. The van der Waals surface area contributed by atoms with E-state index in [0.717, 1.165) is 0 Å². The van der Waals surface area contributed by atoms with Gasteiger partial charge in [-0.1, -0.05) is 6.07 Å². The molecule has 0 aliphatic rings. The molecule has 0 aromatic carbocycles. The first-order valence-electron chi connectivity index (χ1n) is 3.84. The third-order valence-electron chi connectivity index (χ3n) is 1.65. The molecular formula is C8H11BrN2O2. The van der Waals surface area contributed by atoms with Gasteiger partial charge >= 0.3 is 0 Å². The SMILES string of the molecule is NCC(O)C(O)c1cccc(Br)n1. The van der Waals surface area contributed by atoms with Crippen LogP contribution in [0.2, 0.25) is 0 Å². The minimum absolute atomic E-state index is 0.00929. The number of pyridine rings is 1. The highest BCUT2D eigenvalue weighted by atomic mass is 79.9. The molecule has 72 valence electrons. The van der Waals surface area contributed by atoms with Gasteiger partial charge in [-0.15, -0.1) is 0 Å². The number of hydrogen-bond donors (Lipinski definition) is 3. The Morgan fingerprint density at radius 3 is 2.69 bits per heavy atom. The van der Waals surface area contributed by atoms with Crippen molar-refractivity contribution in [3.8, 4) is 0 Å². The highest BCUT2D eigenvalue weighted by Gasteiger charge is 2.17. The predicted molar refractivity (Wildman–Crippen MR) is 52.0 cm³/mol. The van der Waals surface area contributed by atoms with Crippen LogP contribution < -0.4 is 5.73 Å². The second-order valence-electron chi connectivity index (χ2n) is 2.63. The molecule has 0 fully saturated rings. The molecule has 2 atom stereocenters. The quantitative estimate of drug-likeness (QED) is 0.666. The molecule has 0 aliphatic carbocycles. The van der Waals surface area contributed by atoms with Gasteiger partial charge in [-0.05, 0) is 28.1 Å². The number of rotatable bonds is 3. The molecule has 1 rings (SSSR count). The summed E-state index contributed by atoms with van der Waals surface area (Å²) >= 11 is 3.17. The van der Waals surface area contributed by atoms with Gasteiger partial charge in [-0.2, -0.15) is 0 Å². The summed E-state index contributed by atoms with van der Waals surface area (Å²) in [5, 5.41) is 18.7. The maximum Gasteiger partial charge on any atom is 0.123 e. The van der Waals surface area contributed by atoms with Gasteiger partial charge in [0, 0.05) is 6.54 Å². The minimum Gasteiger partial charge on any atom is -0.389 e. The fourth-order valence-electron chi connectivity index (χ4n) is 0.915. The molecule has 13 heavy (non-hydrogen) atoms. The van der Waals surface area contributed by atoms with E-state index in [2.05, 4.69) is 20.9 Å². The number of nitrogens with zero attached hydrogens (tertiary/aromatic N) is 1. The van der Waals surface area contributed by atoms with Gasteiger partial charge in [-0.25, -0.2) is 4.98 Å². The summed E-state index contributed by atoms with van der Waals surface area (Å²) in [6.07, 6.45) is -2.00. The predicted octanol–water partition coefficient (Wildman–Crippen LogP) is 0.197. The average Bonchev–Trinajstić information content (AvgIpc) is 2.15. The van der Waals surface area contributed by atoms with Crippen LogP contribution in [0.1, 0.15) is 11.8 Å². The molecule has 0 spiro atoms. The molecule has 4 N–H and O–H groups in total. The number of hydrogen-bond acceptors (Lipinski definition) is 4. The van der Waals surface area contributed by atoms with Crippen molar-refractivity contribution < 1.29 is 10.2 Å². The molecule has 5 heteroatoms. The first-order valence-corrected chi connectivity index (χ1v) is 4.63. The number of aliphatic hydroxyl groups is 2. The summed E-state index contributed by atoms with van der Waals surface area (Å²) in [6.45, 7) is 0.00929. The number of aromatic nitrogens is 1. The molecule has 1 aromatic rings. The van der Waals surface area contributed by atoms with Crippen LogP contribution in [-0.2, 0) is 0 Å². The maximum absolute atomic E-state index is 9.50. The van der Waals surface area contributed by atoms with Crippen molar-refractivity contribution in [1.82, 2.24) is 4.98 Å². The van der Waals surface area contributed by atoms with E-state index < -0.39 is 12.2 Å². The van der Waals surface area contributed by atoms with Crippen molar-refractivity contribution in [2.45, 2.75) is 12.2 Å². The van der Waals surface area contributed by atoms with Gasteiger partial charge in [0.25, 0.3) is 0 Å². The van der Waals surface area contributed by atoms with E-state index >= 15 is 0 Å². The molecule has 0 aliphatic heterocycles. The highest BCUT2D eigenvalue weighted by Crippen LogP contribution is 2.16. The molecule has 0 bridgehead atoms. The summed E-state index contributed by atoms with van der Waals surface area (Å²) in [6, 6.07) is 5.11. The van der Waals surface area contributed by atoms with Gasteiger partial charge in [0.2, 0.25) is 0 Å². The summed E-state index contributed by atoms with van der Waals surface area (Å²) in [5.41, 5.74) is 5.61. The summed E-state index contributed by atoms with van der Waals surface area (Å²) in [5.74, 6) is 0. The van der Waals surface area contributed by atoms with Crippen LogP contribution in [0.25, 0.3) is 0 Å². The molecule has 0 saturated carbocycles. The zero-order valence-corrected chi connectivity index (χ0v) is 8.48. The lowest BCUT2D eigenvalue weighted by Gasteiger charge is -2.15. The van der Waals surface area contributed by atoms with Crippen molar-refractivity contribution in [3.63, 3.8) is 0 Å². The summed E-state index contributed by atoms with van der Waals surface area (Å²) < 4.78 is 0.619.